The Bertz CT molecular complexity index is 342. The molecule has 0 heterocycles. The van der Waals surface area contributed by atoms with Crippen LogP contribution in [-0.4, -0.2) is 4.92 Å². The third-order valence-corrected chi connectivity index (χ3v) is 1.21. The van der Waals surface area contributed by atoms with E-state index in [0.717, 1.165) is 0 Å². The lowest BCUT2D eigenvalue weighted by Gasteiger charge is -1.95. The summed E-state index contributed by atoms with van der Waals surface area (Å²) in [5.41, 5.74) is -1.08. The van der Waals surface area contributed by atoms with Gasteiger partial charge in [0.2, 0.25) is 11.6 Å². The summed E-state index contributed by atoms with van der Waals surface area (Å²) in [6.07, 6.45) is 0. The van der Waals surface area contributed by atoms with Crippen LogP contribution in [0.2, 0.25) is 0 Å². The number of rotatable bonds is 1. The highest BCUT2D eigenvalue weighted by Gasteiger charge is 2.20. The van der Waals surface area contributed by atoms with Crippen molar-refractivity contribution in [2.24, 2.45) is 0 Å². The highest BCUT2D eigenvalue weighted by molar-refractivity contribution is 5.32. The van der Waals surface area contributed by atoms with Gasteiger partial charge >= 0.3 is 5.69 Å². The van der Waals surface area contributed by atoms with Crippen molar-refractivity contribution in [3.05, 3.63) is 39.7 Å². The number of benzene rings is 1. The summed E-state index contributed by atoms with van der Waals surface area (Å²) in [6, 6.07) is 1.06. The molecule has 78 valence electrons. The van der Waals surface area contributed by atoms with Crippen LogP contribution in [0.25, 0.3) is 0 Å². The summed E-state index contributed by atoms with van der Waals surface area (Å²) >= 11 is 0. The SMILES string of the molecule is CC.O=[N+]([O-])c1ccc(F)c(F)c1F. The van der Waals surface area contributed by atoms with Crippen LogP contribution in [0, 0.1) is 27.6 Å². The Morgan fingerprint density at radius 1 is 1.14 bits per heavy atom. The number of halogens is 3. The third kappa shape index (κ3) is 2.45. The van der Waals surface area contributed by atoms with Crippen molar-refractivity contribution in [1.29, 1.82) is 0 Å². The van der Waals surface area contributed by atoms with E-state index in [1.807, 2.05) is 13.8 Å². The van der Waals surface area contributed by atoms with Crippen LogP contribution in [0.5, 0.6) is 0 Å². The second-order valence-corrected chi connectivity index (χ2v) is 1.95. The topological polar surface area (TPSA) is 43.1 Å². The van der Waals surface area contributed by atoms with E-state index in [2.05, 4.69) is 0 Å². The van der Waals surface area contributed by atoms with Crippen molar-refractivity contribution in [3.8, 4) is 0 Å². The fraction of sp³-hybridized carbons (Fsp3) is 0.250. The molecule has 0 aliphatic rings. The van der Waals surface area contributed by atoms with E-state index in [1.165, 1.54) is 0 Å². The average Bonchev–Trinajstić information content (AvgIpc) is 2.17. The smallest absolute Gasteiger partial charge is 0.258 e. The van der Waals surface area contributed by atoms with Gasteiger partial charge in [0.1, 0.15) is 0 Å². The first-order chi connectivity index (χ1) is 6.54. The molecule has 14 heavy (non-hydrogen) atoms. The van der Waals surface area contributed by atoms with Gasteiger partial charge in [0.05, 0.1) is 4.92 Å². The first-order valence-corrected chi connectivity index (χ1v) is 3.82. The van der Waals surface area contributed by atoms with Crippen molar-refractivity contribution in [1.82, 2.24) is 0 Å². The lowest BCUT2D eigenvalue weighted by molar-refractivity contribution is -0.387. The monoisotopic (exact) mass is 207 g/mol. The van der Waals surface area contributed by atoms with Gasteiger partial charge in [0.15, 0.2) is 5.82 Å². The Kier molecular flexibility index (Phi) is 4.62. The minimum absolute atomic E-state index is 0.497. The van der Waals surface area contributed by atoms with Gasteiger partial charge in [-0.2, -0.15) is 4.39 Å². The van der Waals surface area contributed by atoms with E-state index in [1.54, 1.807) is 0 Å². The molecule has 0 N–H and O–H groups in total. The van der Waals surface area contributed by atoms with E-state index in [4.69, 9.17) is 0 Å². The van der Waals surface area contributed by atoms with Crippen molar-refractivity contribution >= 4 is 5.69 Å². The summed E-state index contributed by atoms with van der Waals surface area (Å²) in [4.78, 5) is 8.83. The molecule has 0 aliphatic heterocycles. The van der Waals surface area contributed by atoms with Crippen LogP contribution in [0.3, 0.4) is 0 Å². The van der Waals surface area contributed by atoms with Crippen LogP contribution in [0.15, 0.2) is 12.1 Å². The Morgan fingerprint density at radius 3 is 2.07 bits per heavy atom. The molecule has 0 spiro atoms. The first-order valence-electron chi connectivity index (χ1n) is 3.82. The molecule has 0 aromatic heterocycles. The average molecular weight is 207 g/mol. The van der Waals surface area contributed by atoms with Gasteiger partial charge in [0, 0.05) is 6.07 Å². The van der Waals surface area contributed by atoms with Gasteiger partial charge in [-0.3, -0.25) is 10.1 Å². The molecule has 0 aliphatic carbocycles. The maximum atomic E-state index is 12.5. The molecule has 0 unspecified atom stereocenters. The third-order valence-electron chi connectivity index (χ3n) is 1.21. The Hall–Kier alpha value is -1.59. The Balaban J connectivity index is 0.000000791. The zero-order valence-electron chi connectivity index (χ0n) is 7.55. The van der Waals surface area contributed by atoms with Crippen molar-refractivity contribution in [2.75, 3.05) is 0 Å². The number of nitrogens with zero attached hydrogens (tertiary/aromatic N) is 1. The van der Waals surface area contributed by atoms with E-state index in [0.29, 0.717) is 12.1 Å². The standard InChI is InChI=1S/C6H2F3NO2.C2H6/c7-3-1-2-4(10(11)12)6(9)5(3)8;1-2/h1-2H;1-2H3. The lowest BCUT2D eigenvalue weighted by Crippen LogP contribution is -1.97. The number of nitro benzene ring substituents is 1. The normalized spacial score (nSPS) is 8.93. The number of hydrogen-bond donors (Lipinski definition) is 0. The second-order valence-electron chi connectivity index (χ2n) is 1.95. The molecule has 0 amide bonds. The fourth-order valence-electron chi connectivity index (χ4n) is 0.657. The highest BCUT2D eigenvalue weighted by atomic mass is 19.2. The van der Waals surface area contributed by atoms with Crippen molar-refractivity contribution in [2.45, 2.75) is 13.8 Å². The van der Waals surface area contributed by atoms with Crippen LogP contribution < -0.4 is 0 Å². The largest absolute Gasteiger partial charge is 0.308 e. The highest BCUT2D eigenvalue weighted by Crippen LogP contribution is 2.20. The molecule has 0 saturated heterocycles. The molecule has 0 bridgehead atoms. The van der Waals surface area contributed by atoms with Crippen LogP contribution in [0.1, 0.15) is 13.8 Å². The zero-order valence-corrected chi connectivity index (χ0v) is 7.55. The molecule has 3 nitrogen and oxygen atoms in total. The van der Waals surface area contributed by atoms with Gasteiger partial charge in [-0.15, -0.1) is 0 Å². The summed E-state index contributed by atoms with van der Waals surface area (Å²) in [5, 5.41) is 9.96. The minimum atomic E-state index is -1.83. The predicted molar refractivity (Wildman–Crippen MR) is 44.3 cm³/mol. The first kappa shape index (κ1) is 12.4. The zero-order chi connectivity index (χ0) is 11.3. The predicted octanol–water partition coefficient (Wildman–Crippen LogP) is 3.04. The second kappa shape index (κ2) is 5.21. The lowest BCUT2D eigenvalue weighted by atomic mass is 10.3. The van der Waals surface area contributed by atoms with E-state index < -0.39 is 28.1 Å². The van der Waals surface area contributed by atoms with Gasteiger partial charge in [0.25, 0.3) is 0 Å². The van der Waals surface area contributed by atoms with Gasteiger partial charge in [-0.1, -0.05) is 13.8 Å². The molecule has 0 fully saturated rings. The van der Waals surface area contributed by atoms with Crippen molar-refractivity contribution < 1.29 is 18.1 Å². The van der Waals surface area contributed by atoms with Gasteiger partial charge < -0.3 is 0 Å². The quantitative estimate of drug-likeness (QED) is 0.403. The van der Waals surface area contributed by atoms with E-state index in [-0.39, 0.29) is 0 Å². The molecular weight excluding hydrogens is 199 g/mol. The van der Waals surface area contributed by atoms with Gasteiger partial charge in [-0.05, 0) is 6.07 Å². The van der Waals surface area contributed by atoms with Crippen molar-refractivity contribution in [3.63, 3.8) is 0 Å². The van der Waals surface area contributed by atoms with E-state index in [9.17, 15) is 23.3 Å². The van der Waals surface area contributed by atoms with E-state index >= 15 is 0 Å². The number of nitro groups is 1. The Labute approximate surface area is 78.3 Å². The molecule has 6 heteroatoms. The fourth-order valence-corrected chi connectivity index (χ4v) is 0.657. The van der Waals surface area contributed by atoms with Crippen LogP contribution in [-0.2, 0) is 0 Å². The molecule has 0 atom stereocenters. The molecule has 1 rings (SSSR count). The molecular formula is C8H8F3NO2. The molecule has 1 aromatic carbocycles. The summed E-state index contributed by atoms with van der Waals surface area (Å²) < 4.78 is 36.9. The summed E-state index contributed by atoms with van der Waals surface area (Å²) in [7, 11) is 0. The Morgan fingerprint density at radius 2 is 1.64 bits per heavy atom. The number of hydrogen-bond acceptors (Lipinski definition) is 2. The van der Waals surface area contributed by atoms with Gasteiger partial charge in [-0.25, -0.2) is 8.78 Å². The summed E-state index contributed by atoms with van der Waals surface area (Å²) in [5.74, 6) is -5.05. The maximum Gasteiger partial charge on any atom is 0.308 e. The molecule has 1 aromatic rings. The molecule has 0 saturated carbocycles. The van der Waals surface area contributed by atoms with Crippen LogP contribution >= 0.6 is 0 Å². The summed E-state index contributed by atoms with van der Waals surface area (Å²) in [6.45, 7) is 4.00. The maximum absolute atomic E-state index is 12.5. The van der Waals surface area contributed by atoms with Crippen LogP contribution in [0.4, 0.5) is 18.9 Å². The minimum Gasteiger partial charge on any atom is -0.258 e. The molecule has 0 radical (unpaired) electrons.